The summed E-state index contributed by atoms with van der Waals surface area (Å²) in [4.78, 5) is 11.5. The molecule has 1 aliphatic carbocycles. The normalized spacial score (nSPS) is 17.3. The van der Waals surface area contributed by atoms with Gasteiger partial charge in [0, 0.05) is 24.4 Å². The van der Waals surface area contributed by atoms with Crippen molar-refractivity contribution in [2.75, 3.05) is 19.4 Å². The minimum absolute atomic E-state index is 0.113. The smallest absolute Gasteiger partial charge is 0.344 e. The average molecular weight is 258 g/mol. The zero-order valence-corrected chi connectivity index (χ0v) is 10.7. The summed E-state index contributed by atoms with van der Waals surface area (Å²) in [5.41, 5.74) is -0.113. The third kappa shape index (κ3) is 3.11. The van der Waals surface area contributed by atoms with Crippen molar-refractivity contribution < 1.29 is 5.11 Å². The van der Waals surface area contributed by atoms with E-state index in [0.29, 0.717) is 12.5 Å². The minimum Gasteiger partial charge on any atom is -0.396 e. The molecule has 1 saturated carbocycles. The van der Waals surface area contributed by atoms with Crippen LogP contribution in [0.5, 0.6) is 0 Å². The SMILES string of the molecule is CNC(CCO)CSc1n[nH]c(=O)n1C1CC1. The van der Waals surface area contributed by atoms with Crippen LogP contribution in [0.15, 0.2) is 9.95 Å². The van der Waals surface area contributed by atoms with Crippen molar-refractivity contribution >= 4 is 11.8 Å². The Bertz CT molecular complexity index is 413. The van der Waals surface area contributed by atoms with Crippen molar-refractivity contribution in [3.63, 3.8) is 0 Å². The highest BCUT2D eigenvalue weighted by molar-refractivity contribution is 7.99. The molecule has 17 heavy (non-hydrogen) atoms. The van der Waals surface area contributed by atoms with Crippen LogP contribution in [0.3, 0.4) is 0 Å². The lowest BCUT2D eigenvalue weighted by Crippen LogP contribution is -2.29. The van der Waals surface area contributed by atoms with Gasteiger partial charge in [-0.05, 0) is 26.3 Å². The highest BCUT2D eigenvalue weighted by Crippen LogP contribution is 2.36. The number of H-pyrrole nitrogens is 1. The van der Waals surface area contributed by atoms with E-state index in [4.69, 9.17) is 5.11 Å². The van der Waals surface area contributed by atoms with E-state index in [-0.39, 0.29) is 18.3 Å². The van der Waals surface area contributed by atoms with E-state index in [9.17, 15) is 4.79 Å². The molecule has 7 heteroatoms. The van der Waals surface area contributed by atoms with E-state index >= 15 is 0 Å². The fourth-order valence-electron chi connectivity index (χ4n) is 1.69. The quantitative estimate of drug-likeness (QED) is 0.598. The van der Waals surface area contributed by atoms with E-state index in [0.717, 1.165) is 23.8 Å². The van der Waals surface area contributed by atoms with E-state index in [2.05, 4.69) is 15.5 Å². The van der Waals surface area contributed by atoms with Crippen LogP contribution in [0.2, 0.25) is 0 Å². The fraction of sp³-hybridized carbons (Fsp3) is 0.800. The molecule has 0 bridgehead atoms. The average Bonchev–Trinajstić information content (AvgIpc) is 3.09. The van der Waals surface area contributed by atoms with Gasteiger partial charge < -0.3 is 10.4 Å². The Kier molecular flexibility index (Phi) is 4.25. The number of aliphatic hydroxyl groups excluding tert-OH is 1. The predicted octanol–water partition coefficient (Wildman–Crippen LogP) is -0.0312. The summed E-state index contributed by atoms with van der Waals surface area (Å²) < 4.78 is 1.75. The lowest BCUT2D eigenvalue weighted by molar-refractivity contribution is 0.273. The molecule has 0 aliphatic heterocycles. The molecule has 0 saturated heterocycles. The first-order valence-corrected chi connectivity index (χ1v) is 6.82. The Morgan fingerprint density at radius 1 is 1.71 bits per heavy atom. The van der Waals surface area contributed by atoms with Crippen molar-refractivity contribution in [3.8, 4) is 0 Å². The second kappa shape index (κ2) is 5.70. The van der Waals surface area contributed by atoms with E-state index < -0.39 is 0 Å². The summed E-state index contributed by atoms with van der Waals surface area (Å²) in [5, 5.41) is 19.3. The van der Waals surface area contributed by atoms with Crippen LogP contribution >= 0.6 is 11.8 Å². The van der Waals surface area contributed by atoms with Crippen LogP contribution in [-0.4, -0.2) is 45.3 Å². The molecule has 0 radical (unpaired) electrons. The summed E-state index contributed by atoms with van der Waals surface area (Å²) in [6, 6.07) is 0.582. The molecule has 0 aromatic carbocycles. The number of hydrogen-bond acceptors (Lipinski definition) is 5. The monoisotopic (exact) mass is 258 g/mol. The second-order valence-electron chi connectivity index (χ2n) is 4.22. The number of thioether (sulfide) groups is 1. The van der Waals surface area contributed by atoms with Crippen LogP contribution in [0, 0.1) is 0 Å². The van der Waals surface area contributed by atoms with Gasteiger partial charge in [0.2, 0.25) is 0 Å². The molecule has 1 aromatic rings. The highest BCUT2D eigenvalue weighted by Gasteiger charge is 2.28. The molecule has 96 valence electrons. The molecule has 2 rings (SSSR count). The number of rotatable bonds is 7. The molecule has 1 fully saturated rings. The second-order valence-corrected chi connectivity index (χ2v) is 5.21. The third-order valence-electron chi connectivity index (χ3n) is 2.88. The zero-order chi connectivity index (χ0) is 12.3. The zero-order valence-electron chi connectivity index (χ0n) is 9.85. The van der Waals surface area contributed by atoms with Gasteiger partial charge in [0.25, 0.3) is 0 Å². The lowest BCUT2D eigenvalue weighted by Gasteiger charge is -2.13. The summed E-state index contributed by atoms with van der Waals surface area (Å²) in [7, 11) is 1.87. The van der Waals surface area contributed by atoms with Crippen LogP contribution in [0.25, 0.3) is 0 Å². The Hall–Kier alpha value is -0.790. The standard InChI is InChI=1S/C10H18N4O2S/c1-11-7(4-5-15)6-17-10-13-12-9(16)14(10)8-2-3-8/h7-8,11,15H,2-6H2,1H3,(H,12,16). The molecular formula is C10H18N4O2S. The summed E-state index contributed by atoms with van der Waals surface area (Å²) >= 11 is 1.56. The van der Waals surface area contributed by atoms with Crippen LogP contribution < -0.4 is 11.0 Å². The topological polar surface area (TPSA) is 82.9 Å². The molecule has 1 aromatic heterocycles. The van der Waals surface area contributed by atoms with E-state index in [1.54, 1.807) is 16.3 Å². The van der Waals surface area contributed by atoms with Gasteiger partial charge >= 0.3 is 5.69 Å². The van der Waals surface area contributed by atoms with E-state index in [1.807, 2.05) is 7.05 Å². The van der Waals surface area contributed by atoms with Crippen LogP contribution in [0.1, 0.15) is 25.3 Å². The van der Waals surface area contributed by atoms with Gasteiger partial charge in [-0.25, -0.2) is 9.89 Å². The van der Waals surface area contributed by atoms with Gasteiger partial charge in [-0.15, -0.1) is 5.10 Å². The Labute approximate surface area is 104 Å². The first kappa shape index (κ1) is 12.7. The molecule has 0 spiro atoms. The number of aromatic amines is 1. The molecule has 3 N–H and O–H groups in total. The van der Waals surface area contributed by atoms with Crippen molar-refractivity contribution in [1.82, 2.24) is 20.1 Å². The highest BCUT2D eigenvalue weighted by atomic mass is 32.2. The third-order valence-corrected chi connectivity index (χ3v) is 4.00. The Balaban J connectivity index is 1.96. The summed E-state index contributed by atoms with van der Waals surface area (Å²) in [5.74, 6) is 0.800. The molecule has 6 nitrogen and oxygen atoms in total. The number of aromatic nitrogens is 3. The van der Waals surface area contributed by atoms with E-state index in [1.165, 1.54) is 0 Å². The van der Waals surface area contributed by atoms with Crippen LogP contribution in [-0.2, 0) is 0 Å². The van der Waals surface area contributed by atoms with Crippen molar-refractivity contribution in [3.05, 3.63) is 10.5 Å². The van der Waals surface area contributed by atoms with Gasteiger partial charge in [-0.3, -0.25) is 4.57 Å². The first-order valence-electron chi connectivity index (χ1n) is 5.84. The maximum absolute atomic E-state index is 11.5. The molecular weight excluding hydrogens is 240 g/mol. The molecule has 1 atom stereocenters. The lowest BCUT2D eigenvalue weighted by atomic mass is 10.2. The predicted molar refractivity (Wildman–Crippen MR) is 66.4 cm³/mol. The Morgan fingerprint density at radius 2 is 2.47 bits per heavy atom. The van der Waals surface area contributed by atoms with Gasteiger partial charge in [-0.1, -0.05) is 11.8 Å². The van der Waals surface area contributed by atoms with Crippen molar-refractivity contribution in [2.24, 2.45) is 0 Å². The molecule has 1 heterocycles. The maximum Gasteiger partial charge on any atom is 0.344 e. The largest absolute Gasteiger partial charge is 0.396 e. The van der Waals surface area contributed by atoms with Crippen molar-refractivity contribution in [1.29, 1.82) is 0 Å². The Morgan fingerprint density at radius 3 is 3.06 bits per heavy atom. The van der Waals surface area contributed by atoms with Gasteiger partial charge in [0.05, 0.1) is 0 Å². The number of nitrogens with one attached hydrogen (secondary N) is 2. The first-order chi connectivity index (χ1) is 8.26. The number of aliphatic hydroxyl groups is 1. The maximum atomic E-state index is 11.5. The van der Waals surface area contributed by atoms with Crippen molar-refractivity contribution in [2.45, 2.75) is 36.5 Å². The number of nitrogens with zero attached hydrogens (tertiary/aromatic N) is 2. The number of hydrogen-bond donors (Lipinski definition) is 3. The fourth-order valence-corrected chi connectivity index (χ4v) is 2.85. The summed E-state index contributed by atoms with van der Waals surface area (Å²) in [6.45, 7) is 0.169. The molecule has 1 unspecified atom stereocenters. The molecule has 0 amide bonds. The van der Waals surface area contributed by atoms with Gasteiger partial charge in [0.1, 0.15) is 0 Å². The summed E-state index contributed by atoms with van der Waals surface area (Å²) in [6.07, 6.45) is 2.85. The van der Waals surface area contributed by atoms with Crippen LogP contribution in [0.4, 0.5) is 0 Å². The van der Waals surface area contributed by atoms with Gasteiger partial charge in [-0.2, -0.15) is 0 Å². The van der Waals surface area contributed by atoms with Gasteiger partial charge in [0.15, 0.2) is 5.16 Å². The minimum atomic E-state index is -0.113. The molecule has 1 aliphatic rings.